The van der Waals surface area contributed by atoms with Crippen LogP contribution in [0, 0.1) is 29.6 Å². The summed E-state index contributed by atoms with van der Waals surface area (Å²) in [7, 11) is 0. The summed E-state index contributed by atoms with van der Waals surface area (Å²) in [6, 6.07) is 0. The molecule has 1 spiro atoms. The fourth-order valence-corrected chi connectivity index (χ4v) is 2.77. The van der Waals surface area contributed by atoms with E-state index in [1.807, 2.05) is 19.1 Å². The van der Waals surface area contributed by atoms with Gasteiger partial charge < -0.3 is 0 Å². The summed E-state index contributed by atoms with van der Waals surface area (Å²) in [5.41, 5.74) is -0.121. The maximum Gasteiger partial charge on any atom is 0.208 e. The van der Waals surface area contributed by atoms with E-state index in [0.717, 1.165) is 12.8 Å². The van der Waals surface area contributed by atoms with Crippen molar-refractivity contribution in [2.24, 2.45) is 17.3 Å². The Morgan fingerprint density at radius 3 is 2.62 bits per heavy atom. The number of hydrogen-bond donors (Lipinski definition) is 0. The predicted octanol–water partition coefficient (Wildman–Crippen LogP) is 1.92. The minimum Gasteiger partial charge on any atom is -0.290 e. The average molecular weight is 214 g/mol. The number of rotatable bonds is 1. The fraction of sp³-hybridized carbons (Fsp3) is 0.429. The van der Waals surface area contributed by atoms with Gasteiger partial charge in [-0.2, -0.15) is 0 Å². The second kappa shape index (κ2) is 3.75. The van der Waals surface area contributed by atoms with Crippen LogP contribution < -0.4 is 0 Å². The van der Waals surface area contributed by atoms with Crippen molar-refractivity contribution >= 4 is 11.6 Å². The number of hydrogen-bond acceptors (Lipinski definition) is 2. The lowest BCUT2D eigenvalue weighted by molar-refractivity contribution is -0.118. The van der Waals surface area contributed by atoms with Gasteiger partial charge in [-0.05, 0) is 36.8 Å². The number of allylic oxidation sites excluding steroid dienone is 4. The lowest BCUT2D eigenvalue weighted by atomic mass is 9.81. The average Bonchev–Trinajstić information content (AvgIpc) is 2.60. The lowest BCUT2D eigenvalue weighted by Crippen LogP contribution is -2.17. The fourth-order valence-electron chi connectivity index (χ4n) is 2.77. The molecular formula is C14H14O2. The monoisotopic (exact) mass is 214 g/mol. The van der Waals surface area contributed by atoms with E-state index in [0.29, 0.717) is 0 Å². The Bertz CT molecular complexity index is 418. The van der Waals surface area contributed by atoms with Gasteiger partial charge in [0, 0.05) is 11.3 Å². The van der Waals surface area contributed by atoms with Crippen LogP contribution in [0.1, 0.15) is 19.8 Å². The molecule has 2 nitrogen and oxygen atoms in total. The molecule has 0 saturated heterocycles. The van der Waals surface area contributed by atoms with Crippen molar-refractivity contribution in [2.75, 3.05) is 0 Å². The van der Waals surface area contributed by atoms with Crippen LogP contribution >= 0.6 is 0 Å². The third-order valence-corrected chi connectivity index (χ3v) is 3.63. The third kappa shape index (κ3) is 1.74. The van der Waals surface area contributed by atoms with Gasteiger partial charge in [-0.15, -0.1) is 6.42 Å². The molecule has 82 valence electrons. The number of terminal acetylenes is 1. The van der Waals surface area contributed by atoms with Crippen molar-refractivity contribution in [1.29, 1.82) is 0 Å². The summed E-state index contributed by atoms with van der Waals surface area (Å²) in [6.45, 7) is 2.05. The van der Waals surface area contributed by atoms with E-state index in [9.17, 15) is 9.59 Å². The van der Waals surface area contributed by atoms with E-state index in [1.165, 1.54) is 0 Å². The molecule has 0 N–H and O–H groups in total. The highest BCUT2D eigenvalue weighted by Crippen LogP contribution is 2.48. The van der Waals surface area contributed by atoms with Gasteiger partial charge in [-0.1, -0.05) is 19.1 Å². The summed E-state index contributed by atoms with van der Waals surface area (Å²) in [5, 5.41) is 0. The number of ketones is 2. The predicted molar refractivity (Wildman–Crippen MR) is 61.4 cm³/mol. The molecule has 2 rings (SSSR count). The topological polar surface area (TPSA) is 34.1 Å². The van der Waals surface area contributed by atoms with Gasteiger partial charge in [-0.3, -0.25) is 9.59 Å². The van der Waals surface area contributed by atoms with E-state index in [4.69, 9.17) is 6.42 Å². The van der Waals surface area contributed by atoms with Crippen LogP contribution in [0.15, 0.2) is 24.3 Å². The highest BCUT2D eigenvalue weighted by atomic mass is 16.1. The van der Waals surface area contributed by atoms with Crippen molar-refractivity contribution in [3.63, 3.8) is 0 Å². The van der Waals surface area contributed by atoms with E-state index in [-0.39, 0.29) is 28.8 Å². The molecule has 2 aliphatic rings. The molecule has 0 unspecified atom stereocenters. The maximum atomic E-state index is 11.6. The molecule has 0 aromatic rings. The molecule has 16 heavy (non-hydrogen) atoms. The quantitative estimate of drug-likeness (QED) is 0.493. The molecular weight excluding hydrogens is 200 g/mol. The second-order valence-electron chi connectivity index (χ2n) is 4.80. The van der Waals surface area contributed by atoms with Crippen molar-refractivity contribution in [2.45, 2.75) is 19.8 Å². The normalized spacial score (nSPS) is 30.6. The minimum absolute atomic E-state index is 0.0185. The molecule has 2 atom stereocenters. The Balaban J connectivity index is 2.22. The number of carbonyl (C=O) groups excluding carboxylic acids is 2. The third-order valence-electron chi connectivity index (χ3n) is 3.63. The second-order valence-corrected chi connectivity index (χ2v) is 4.80. The van der Waals surface area contributed by atoms with Gasteiger partial charge in [0.1, 0.15) is 0 Å². The summed E-state index contributed by atoms with van der Waals surface area (Å²) in [6.07, 6.45) is 13.8. The summed E-state index contributed by atoms with van der Waals surface area (Å²) in [5.74, 6) is 2.35. The van der Waals surface area contributed by atoms with Crippen molar-refractivity contribution in [3.05, 3.63) is 24.3 Å². The van der Waals surface area contributed by atoms with Gasteiger partial charge >= 0.3 is 0 Å². The van der Waals surface area contributed by atoms with Crippen LogP contribution in [0.25, 0.3) is 0 Å². The van der Waals surface area contributed by atoms with E-state index in [1.54, 1.807) is 12.2 Å². The number of carbonyl (C=O) groups is 2. The molecule has 2 heteroatoms. The molecule has 0 heterocycles. The zero-order valence-electron chi connectivity index (χ0n) is 9.27. The zero-order valence-corrected chi connectivity index (χ0v) is 9.27. The smallest absolute Gasteiger partial charge is 0.208 e. The van der Waals surface area contributed by atoms with Crippen LogP contribution in [0.3, 0.4) is 0 Å². The largest absolute Gasteiger partial charge is 0.290 e. The first kappa shape index (κ1) is 10.9. The Morgan fingerprint density at radius 1 is 1.44 bits per heavy atom. The molecule has 0 aromatic heterocycles. The molecule has 1 saturated carbocycles. The molecule has 0 radical (unpaired) electrons. The summed E-state index contributed by atoms with van der Waals surface area (Å²) >= 11 is 0. The Labute approximate surface area is 95.4 Å². The van der Waals surface area contributed by atoms with E-state index >= 15 is 0 Å². The molecule has 0 bridgehead atoms. The van der Waals surface area contributed by atoms with Crippen LogP contribution in [-0.2, 0) is 9.59 Å². The lowest BCUT2D eigenvalue weighted by Gasteiger charge is -2.22. The van der Waals surface area contributed by atoms with Crippen molar-refractivity contribution in [1.82, 2.24) is 0 Å². The van der Waals surface area contributed by atoms with E-state index < -0.39 is 0 Å². The van der Waals surface area contributed by atoms with Gasteiger partial charge in [0.05, 0.1) is 0 Å². The standard InChI is InChI=1S/C14H14O2/c1-3-13(16)12-9-14(8-10(12)2)6-4-11(15)5-7-14/h1,4-7,10,12H,8-9H2,2H3/t10-,12+/m0/s1. The van der Waals surface area contributed by atoms with Crippen LogP contribution in [0.2, 0.25) is 0 Å². The molecule has 2 aliphatic carbocycles. The first-order chi connectivity index (χ1) is 7.56. The van der Waals surface area contributed by atoms with Gasteiger partial charge in [0.2, 0.25) is 5.78 Å². The van der Waals surface area contributed by atoms with Crippen molar-refractivity contribution < 1.29 is 9.59 Å². The van der Waals surface area contributed by atoms with E-state index in [2.05, 4.69) is 5.92 Å². The van der Waals surface area contributed by atoms with Crippen molar-refractivity contribution in [3.8, 4) is 12.3 Å². The maximum absolute atomic E-state index is 11.6. The highest BCUT2D eigenvalue weighted by Gasteiger charge is 2.43. The van der Waals surface area contributed by atoms with Gasteiger partial charge in [0.15, 0.2) is 5.78 Å². The number of Topliss-reactive ketones (excluding diaryl/α,β-unsaturated/α-hetero) is 1. The first-order valence-electron chi connectivity index (χ1n) is 5.49. The molecule has 1 fully saturated rings. The van der Waals surface area contributed by atoms with Crippen LogP contribution in [0.4, 0.5) is 0 Å². The molecule has 0 aromatic carbocycles. The molecule has 0 aliphatic heterocycles. The Morgan fingerprint density at radius 2 is 2.06 bits per heavy atom. The Kier molecular flexibility index (Phi) is 2.55. The first-order valence-corrected chi connectivity index (χ1v) is 5.49. The zero-order chi connectivity index (χ0) is 11.8. The Hall–Kier alpha value is -1.62. The van der Waals surface area contributed by atoms with Crippen LogP contribution in [0.5, 0.6) is 0 Å². The highest BCUT2D eigenvalue weighted by molar-refractivity contribution is 6.00. The SMILES string of the molecule is C#CC(=O)[C@@H]1CC2(C=CC(=O)C=C2)C[C@@H]1C. The minimum atomic E-state index is -0.121. The summed E-state index contributed by atoms with van der Waals surface area (Å²) < 4.78 is 0. The van der Waals surface area contributed by atoms with Gasteiger partial charge in [-0.25, -0.2) is 0 Å². The van der Waals surface area contributed by atoms with Crippen LogP contribution in [-0.4, -0.2) is 11.6 Å². The van der Waals surface area contributed by atoms with Gasteiger partial charge in [0.25, 0.3) is 0 Å². The molecule has 0 amide bonds. The summed E-state index contributed by atoms with van der Waals surface area (Å²) in [4.78, 5) is 22.6.